The topological polar surface area (TPSA) is 131 Å². The molecule has 0 amide bonds. The minimum Gasteiger partial charge on any atom is -0.756 e. The minimum atomic E-state index is -4.65. The van der Waals surface area contributed by atoms with Gasteiger partial charge in [-0.1, -0.05) is 165 Å². The predicted molar refractivity (Wildman–Crippen MR) is 242 cm³/mol. The highest BCUT2D eigenvalue weighted by Gasteiger charge is 2.21. The third-order valence-corrected chi connectivity index (χ3v) is 11.0. The van der Waals surface area contributed by atoms with Gasteiger partial charge in [-0.05, 0) is 57.8 Å². The molecule has 0 aromatic rings. The monoisotopic (exact) mass is 854 g/mol. The molecule has 0 aliphatic heterocycles. The van der Waals surface area contributed by atoms with Crippen LogP contribution in [0.15, 0.2) is 48.6 Å². The first-order valence-corrected chi connectivity index (χ1v) is 24.9. The average molecular weight is 854 g/mol. The summed E-state index contributed by atoms with van der Waals surface area (Å²) in [7, 11) is 1.11. The van der Waals surface area contributed by atoms with Crippen molar-refractivity contribution in [2.24, 2.45) is 0 Å². The van der Waals surface area contributed by atoms with Crippen molar-refractivity contribution in [3.63, 3.8) is 0 Å². The van der Waals surface area contributed by atoms with E-state index < -0.39 is 32.5 Å². The summed E-state index contributed by atoms with van der Waals surface area (Å²) in [5.74, 6) is -0.915. The molecule has 3 atom stereocenters. The lowest BCUT2D eigenvalue weighted by molar-refractivity contribution is -0.870. The number of unbranched alkanes of at least 4 members (excludes halogenated alkanes) is 17. The van der Waals surface area contributed by atoms with E-state index in [4.69, 9.17) is 18.5 Å². The summed E-state index contributed by atoms with van der Waals surface area (Å²) >= 11 is 0. The van der Waals surface area contributed by atoms with Crippen molar-refractivity contribution in [1.82, 2.24) is 0 Å². The SMILES string of the molecule is CCCCCCCCCCCCCCCCCCCC(=O)OC[C@H](COP(=O)([O-])OCC[N+](C)(C)C)OC(=O)CCC/C=C\C/C=C\C/C=C\C/C=C\CC[C@H](O)CC. The van der Waals surface area contributed by atoms with Crippen molar-refractivity contribution in [3.05, 3.63) is 48.6 Å². The fourth-order valence-corrected chi connectivity index (χ4v) is 6.89. The van der Waals surface area contributed by atoms with Gasteiger partial charge in [0.25, 0.3) is 7.82 Å². The molecule has 10 nitrogen and oxygen atoms in total. The van der Waals surface area contributed by atoms with Gasteiger partial charge in [-0.15, -0.1) is 0 Å². The van der Waals surface area contributed by atoms with Crippen molar-refractivity contribution in [1.29, 1.82) is 0 Å². The van der Waals surface area contributed by atoms with Gasteiger partial charge in [-0.25, -0.2) is 0 Å². The van der Waals surface area contributed by atoms with E-state index in [1.165, 1.54) is 89.9 Å². The van der Waals surface area contributed by atoms with Gasteiger partial charge >= 0.3 is 11.9 Å². The van der Waals surface area contributed by atoms with Crippen LogP contribution in [0.4, 0.5) is 0 Å². The van der Waals surface area contributed by atoms with Crippen LogP contribution in [-0.2, 0) is 32.7 Å². The van der Waals surface area contributed by atoms with E-state index >= 15 is 0 Å². The number of quaternary nitrogens is 1. The Labute approximate surface area is 361 Å². The van der Waals surface area contributed by atoms with Gasteiger partial charge in [-0.2, -0.15) is 0 Å². The number of phosphoric ester groups is 1. The van der Waals surface area contributed by atoms with Crippen LogP contribution in [0.25, 0.3) is 0 Å². The van der Waals surface area contributed by atoms with Crippen LogP contribution < -0.4 is 4.89 Å². The molecule has 0 spiro atoms. The molecule has 0 saturated carbocycles. The second kappa shape index (κ2) is 40.0. The van der Waals surface area contributed by atoms with Crippen LogP contribution in [0.2, 0.25) is 0 Å². The molecule has 0 heterocycles. The lowest BCUT2D eigenvalue weighted by Crippen LogP contribution is -2.37. The number of phosphoric acid groups is 1. The van der Waals surface area contributed by atoms with E-state index in [0.29, 0.717) is 23.9 Å². The van der Waals surface area contributed by atoms with Crippen LogP contribution in [0, 0.1) is 0 Å². The zero-order valence-corrected chi connectivity index (χ0v) is 39.2. The van der Waals surface area contributed by atoms with Crippen molar-refractivity contribution >= 4 is 19.8 Å². The summed E-state index contributed by atoms with van der Waals surface area (Å²) in [4.78, 5) is 37.6. The number of ether oxygens (including phenoxy) is 2. The summed E-state index contributed by atoms with van der Waals surface area (Å²) in [5.41, 5.74) is 0. The molecule has 0 bridgehead atoms. The number of likely N-dealkylation sites (N-methyl/N-ethyl adjacent to an activating group) is 1. The first-order valence-electron chi connectivity index (χ1n) is 23.4. The van der Waals surface area contributed by atoms with Gasteiger partial charge in [-0.3, -0.25) is 14.2 Å². The Kier molecular flexibility index (Phi) is 38.6. The second-order valence-corrected chi connectivity index (χ2v) is 18.3. The zero-order chi connectivity index (χ0) is 43.7. The van der Waals surface area contributed by atoms with Crippen molar-refractivity contribution in [2.45, 2.75) is 199 Å². The van der Waals surface area contributed by atoms with Crippen LogP contribution in [0.3, 0.4) is 0 Å². The molecule has 0 aliphatic rings. The molecule has 0 aromatic carbocycles. The van der Waals surface area contributed by atoms with Gasteiger partial charge in [0.1, 0.15) is 19.8 Å². The van der Waals surface area contributed by atoms with Crippen molar-refractivity contribution in [2.75, 3.05) is 47.5 Å². The molecular weight excluding hydrogens is 765 g/mol. The predicted octanol–water partition coefficient (Wildman–Crippen LogP) is 11.8. The van der Waals surface area contributed by atoms with Gasteiger partial charge in [0.05, 0.1) is 33.9 Å². The zero-order valence-electron chi connectivity index (χ0n) is 38.3. The smallest absolute Gasteiger partial charge is 0.306 e. The van der Waals surface area contributed by atoms with Gasteiger partial charge in [0.15, 0.2) is 6.10 Å². The Morgan fingerprint density at radius 1 is 0.610 bits per heavy atom. The number of hydrogen-bond acceptors (Lipinski definition) is 9. The summed E-state index contributed by atoms with van der Waals surface area (Å²) < 4.78 is 33.9. The Balaban J connectivity index is 4.41. The number of carbonyl (C=O) groups is 2. The molecule has 0 saturated heterocycles. The molecule has 0 rings (SSSR count). The Morgan fingerprint density at radius 2 is 1.07 bits per heavy atom. The molecule has 0 aromatic heterocycles. The number of esters is 2. The summed E-state index contributed by atoms with van der Waals surface area (Å²) in [6.45, 7) is 3.88. The molecule has 0 radical (unpaired) electrons. The molecule has 11 heteroatoms. The number of nitrogens with zero attached hydrogens (tertiary/aromatic N) is 1. The molecule has 344 valence electrons. The maximum absolute atomic E-state index is 12.7. The summed E-state index contributed by atoms with van der Waals surface area (Å²) in [6, 6.07) is 0. The lowest BCUT2D eigenvalue weighted by atomic mass is 10.0. The van der Waals surface area contributed by atoms with Crippen LogP contribution in [0.1, 0.15) is 187 Å². The maximum atomic E-state index is 12.7. The van der Waals surface area contributed by atoms with E-state index in [2.05, 4.69) is 49.5 Å². The van der Waals surface area contributed by atoms with Gasteiger partial charge < -0.3 is 33.0 Å². The highest BCUT2D eigenvalue weighted by atomic mass is 31.2. The molecule has 59 heavy (non-hydrogen) atoms. The number of carbonyl (C=O) groups excluding carboxylic acids is 2. The highest BCUT2D eigenvalue weighted by Crippen LogP contribution is 2.38. The van der Waals surface area contributed by atoms with Gasteiger partial charge in [0.2, 0.25) is 0 Å². The fourth-order valence-electron chi connectivity index (χ4n) is 6.16. The normalized spacial score (nSPS) is 14.5. The van der Waals surface area contributed by atoms with E-state index in [-0.39, 0.29) is 32.2 Å². The van der Waals surface area contributed by atoms with Crippen molar-refractivity contribution < 1.29 is 47.2 Å². The van der Waals surface area contributed by atoms with Crippen molar-refractivity contribution in [3.8, 4) is 0 Å². The lowest BCUT2D eigenvalue weighted by Gasteiger charge is -2.28. The molecule has 0 aliphatic carbocycles. The third-order valence-electron chi connectivity index (χ3n) is 10.0. The number of aliphatic hydroxyl groups is 1. The Morgan fingerprint density at radius 3 is 1.56 bits per heavy atom. The van der Waals surface area contributed by atoms with Crippen LogP contribution >= 0.6 is 7.82 Å². The number of allylic oxidation sites excluding steroid dienone is 8. The summed E-state index contributed by atoms with van der Waals surface area (Å²) in [5, 5.41) is 9.57. The Bertz CT molecular complexity index is 1160. The van der Waals surface area contributed by atoms with Crippen LogP contribution in [0.5, 0.6) is 0 Å². The second-order valence-electron chi connectivity index (χ2n) is 16.9. The minimum absolute atomic E-state index is 0.0475. The molecule has 1 unspecified atom stereocenters. The standard InChI is InChI=1S/C48H88NO9P/c1-6-8-9-10-11-12-13-14-15-16-17-21-24-27-30-33-36-39-47(51)55-43-46(44-57-59(53,54)56-42-41-49(3,4)5)58-48(52)40-37-34-31-28-25-22-19-18-20-23-26-29-32-35-38-45(50)7-2/h19-20,22-23,28-29,31-32,45-46,50H,6-18,21,24-27,30,33-44H2,1-5H3/b22-19-,23-20-,31-28-,32-29-/t45-,46-/m1/s1. The molecular formula is C48H88NO9P. The third kappa shape index (κ3) is 43.8. The highest BCUT2D eigenvalue weighted by molar-refractivity contribution is 7.45. The van der Waals surface area contributed by atoms with Gasteiger partial charge in [0, 0.05) is 12.8 Å². The first-order chi connectivity index (χ1) is 28.4. The first kappa shape index (κ1) is 56.9. The quantitative estimate of drug-likeness (QED) is 0.0210. The molecule has 0 fully saturated rings. The Hall–Kier alpha value is -2.07. The van der Waals surface area contributed by atoms with E-state index in [0.717, 1.165) is 57.8 Å². The van der Waals surface area contributed by atoms with Crippen LogP contribution in [-0.4, -0.2) is 81.2 Å². The fraction of sp³-hybridized carbons (Fsp3) is 0.792. The maximum Gasteiger partial charge on any atom is 0.306 e. The number of aliphatic hydroxyl groups excluding tert-OH is 1. The van der Waals surface area contributed by atoms with E-state index in [1.807, 2.05) is 34.1 Å². The van der Waals surface area contributed by atoms with E-state index in [9.17, 15) is 24.2 Å². The van der Waals surface area contributed by atoms with E-state index in [1.54, 1.807) is 0 Å². The number of rotatable bonds is 42. The largest absolute Gasteiger partial charge is 0.756 e. The molecule has 1 N–H and O–H groups in total. The number of hydrogen-bond donors (Lipinski definition) is 1. The summed E-state index contributed by atoms with van der Waals surface area (Å²) in [6.07, 6.45) is 43.7. The average Bonchev–Trinajstić information content (AvgIpc) is 3.19.